The second kappa shape index (κ2) is 49.5. The van der Waals surface area contributed by atoms with E-state index in [4.69, 9.17) is 99.5 Å². The summed E-state index contributed by atoms with van der Waals surface area (Å²) in [6.07, 6.45) is -112. The molecule has 11 aliphatic rings. The van der Waals surface area contributed by atoms with Gasteiger partial charge in [-0.15, -0.1) is 0 Å². The Morgan fingerprint density at radius 3 is 0.803 bits per heavy atom. The summed E-state index contributed by atoms with van der Waals surface area (Å²) in [5.74, 6) is -4.88. The van der Waals surface area contributed by atoms with Gasteiger partial charge in [-0.25, -0.2) is 0 Å². The van der Waals surface area contributed by atoms with Gasteiger partial charge in [-0.2, -0.15) is 0 Å². The van der Waals surface area contributed by atoms with Crippen LogP contribution in [0.15, 0.2) is 0 Å². The Hall–Kier alpha value is -4.69. The predicted molar refractivity (Wildman–Crippen MR) is 420 cm³/mol. The van der Waals surface area contributed by atoms with Crippen LogP contribution < -0.4 is 26.6 Å². The number of hydrogen-bond donors (Lipinski definition) is 35. The average Bonchev–Trinajstić information content (AvgIpc) is 0.681. The highest BCUT2D eigenvalue weighted by molar-refractivity contribution is 5.75. The number of carbonyl (C=O) groups is 5. The minimum Gasteiger partial charge on any atom is -0.394 e. The maximum absolute atomic E-state index is 13.6. The fourth-order valence-corrected chi connectivity index (χ4v) is 17.7. The largest absolute Gasteiger partial charge is 0.394 e. The quantitative estimate of drug-likeness (QED) is 0.0277. The van der Waals surface area contributed by atoms with Gasteiger partial charge in [0.05, 0.1) is 72.7 Å². The molecule has 0 radical (unpaired) electrons. The van der Waals surface area contributed by atoms with Crippen molar-refractivity contribution in [2.24, 2.45) is 0 Å². The van der Waals surface area contributed by atoms with Gasteiger partial charge in [0.1, 0.15) is 268 Å². The number of amides is 5. The summed E-state index contributed by atoms with van der Waals surface area (Å²) < 4.78 is 128. The van der Waals surface area contributed by atoms with E-state index in [-0.39, 0.29) is 0 Å². The number of ether oxygens (including phenoxy) is 21. The van der Waals surface area contributed by atoms with Crippen molar-refractivity contribution in [3.8, 4) is 0 Å². The maximum Gasteiger partial charge on any atom is 0.217 e. The van der Waals surface area contributed by atoms with Gasteiger partial charge >= 0.3 is 0 Å². The molecule has 0 bridgehead atoms. The zero-order chi connectivity index (χ0) is 101. The normalized spacial score (nSPS) is 48.9. The standard InChI is InChI=1S/C76H127N5O56/c1-17(91)77-33-48(106)58(28(12-88)119-66(33)116)130-70-37(81-21(5)95)49(107)59(29(13-89)126-70)132-75-57(115)64(136-76-65(137-69-36(80-20(4)94)47(105)40(98)24(8-84)122-69)54(112)60(30(14-90)127-76)131-67-34(78-18(2)92)45(103)38(96)22(6-82)120-67)61(133-68-35(79-19(3)93)46(104)39(97)23(7-83)121-68)32(129-75)16-118-72-56(114)63(135-74-53(111)51(109)42(100)26(10-86)125-74)44(102)31(128-72)15-117-71-55(113)62(43(101)27(11-87)123-71)134-73-52(110)50(108)41(99)25(9-85)124-73/h22-76,82-90,96-116H,6-16H2,1-5H3,(H,77,91)(H,78,92)(H,79,93)(H,80,94)(H,81,95)/t22-,23-,24-,25-,26-,27-,28-,29-,30-,31-,32-,33-,34-,35-,36-,37-,38-,39-,40-,41-,42-,43-,44-,45-,46-,47-,48-,49-,50+,51+,52+,53+,54+,55+,56+,57+,58-,59-,60-,61-,62+,63+,64-,65+,66?,67+,68+,69+,70+,71+,72+,73-,74-,75+,76-/m1/s1. The summed E-state index contributed by atoms with van der Waals surface area (Å²) in [5, 5.41) is 352. The molecule has 792 valence electrons. The molecule has 11 saturated heterocycles. The monoisotopic (exact) mass is 2010 g/mol. The number of aliphatic hydroxyl groups excluding tert-OH is 30. The third kappa shape index (κ3) is 25.2. The fraction of sp³-hybridized carbons (Fsp3) is 0.934. The lowest BCUT2D eigenvalue weighted by molar-refractivity contribution is -0.412. The lowest BCUT2D eigenvalue weighted by Crippen LogP contribution is -2.72. The molecule has 1 unspecified atom stereocenters. The zero-order valence-electron chi connectivity index (χ0n) is 73.6. The fourth-order valence-electron chi connectivity index (χ4n) is 17.7. The zero-order valence-corrected chi connectivity index (χ0v) is 73.6. The molecule has 0 aliphatic carbocycles. The van der Waals surface area contributed by atoms with Gasteiger partial charge in [0.15, 0.2) is 69.2 Å². The molecule has 0 saturated carbocycles. The molecular weight excluding hydrogens is 1880 g/mol. The van der Waals surface area contributed by atoms with Crippen LogP contribution in [0, 0.1) is 0 Å². The minimum atomic E-state index is -2.87. The van der Waals surface area contributed by atoms with Crippen molar-refractivity contribution < 1.29 is 277 Å². The van der Waals surface area contributed by atoms with Gasteiger partial charge in [0.25, 0.3) is 0 Å². The lowest BCUT2D eigenvalue weighted by Gasteiger charge is -2.53. The van der Waals surface area contributed by atoms with E-state index in [9.17, 15) is 177 Å². The van der Waals surface area contributed by atoms with E-state index in [0.717, 1.165) is 34.6 Å². The number of aliphatic hydroxyl groups is 30. The predicted octanol–water partition coefficient (Wildman–Crippen LogP) is -24.3. The van der Waals surface area contributed by atoms with Crippen molar-refractivity contribution in [3.63, 3.8) is 0 Å². The molecule has 0 spiro atoms. The first-order valence-electron chi connectivity index (χ1n) is 43.6. The molecule has 11 fully saturated rings. The molecule has 61 nitrogen and oxygen atoms in total. The van der Waals surface area contributed by atoms with Crippen LogP contribution in [0.3, 0.4) is 0 Å². The molecule has 0 aromatic carbocycles. The van der Waals surface area contributed by atoms with Crippen molar-refractivity contribution in [2.45, 2.75) is 372 Å². The van der Waals surface area contributed by atoms with Gasteiger partial charge in [-0.3, -0.25) is 24.0 Å². The molecule has 5 amide bonds. The molecule has 137 heavy (non-hydrogen) atoms. The van der Waals surface area contributed by atoms with Crippen molar-refractivity contribution in [1.82, 2.24) is 26.6 Å². The van der Waals surface area contributed by atoms with Gasteiger partial charge in [-0.1, -0.05) is 0 Å². The van der Waals surface area contributed by atoms with E-state index in [1.165, 1.54) is 0 Å². The van der Waals surface area contributed by atoms with Crippen LogP contribution in [0.4, 0.5) is 0 Å². The molecule has 0 aromatic rings. The highest BCUT2D eigenvalue weighted by Crippen LogP contribution is 2.43. The van der Waals surface area contributed by atoms with Crippen molar-refractivity contribution in [3.05, 3.63) is 0 Å². The Labute approximate surface area is 775 Å². The smallest absolute Gasteiger partial charge is 0.217 e. The van der Waals surface area contributed by atoms with E-state index in [1.54, 1.807) is 0 Å². The number of nitrogens with one attached hydrogen (secondary N) is 5. The molecule has 35 N–H and O–H groups in total. The van der Waals surface area contributed by atoms with Gasteiger partial charge in [0, 0.05) is 34.6 Å². The van der Waals surface area contributed by atoms with Crippen LogP contribution in [0.2, 0.25) is 0 Å². The maximum atomic E-state index is 13.6. The second-order valence-corrected chi connectivity index (χ2v) is 34.6. The van der Waals surface area contributed by atoms with Gasteiger partial charge in [0.2, 0.25) is 29.5 Å². The van der Waals surface area contributed by atoms with Crippen LogP contribution >= 0.6 is 0 Å². The summed E-state index contributed by atoms with van der Waals surface area (Å²) in [4.78, 5) is 64.9. The third-order valence-electron chi connectivity index (χ3n) is 25.0. The van der Waals surface area contributed by atoms with Crippen molar-refractivity contribution >= 4 is 29.5 Å². The van der Waals surface area contributed by atoms with Crippen LogP contribution in [-0.4, -0.2) is 593 Å². The number of carbonyl (C=O) groups excluding carboxylic acids is 5. The molecule has 11 rings (SSSR count). The average molecular weight is 2010 g/mol. The molecule has 55 atom stereocenters. The van der Waals surface area contributed by atoms with E-state index in [1.807, 2.05) is 0 Å². The molecular formula is C76H127N5O56. The van der Waals surface area contributed by atoms with Crippen LogP contribution in [0.5, 0.6) is 0 Å². The Kier molecular flexibility index (Phi) is 40.7. The van der Waals surface area contributed by atoms with E-state index in [0.29, 0.717) is 0 Å². The Morgan fingerprint density at radius 2 is 0.423 bits per heavy atom. The number of rotatable bonds is 36. The summed E-state index contributed by atoms with van der Waals surface area (Å²) in [5.41, 5.74) is 0. The molecule has 61 heteroatoms. The van der Waals surface area contributed by atoms with Crippen molar-refractivity contribution in [2.75, 3.05) is 72.7 Å². The Morgan fingerprint density at radius 1 is 0.190 bits per heavy atom. The summed E-state index contributed by atoms with van der Waals surface area (Å²) in [6, 6.07) is -9.87. The third-order valence-corrected chi connectivity index (χ3v) is 25.0. The molecule has 11 heterocycles. The van der Waals surface area contributed by atoms with Crippen LogP contribution in [0.25, 0.3) is 0 Å². The summed E-state index contributed by atoms with van der Waals surface area (Å²) in [7, 11) is 0. The first-order valence-corrected chi connectivity index (χ1v) is 43.6. The van der Waals surface area contributed by atoms with E-state index >= 15 is 0 Å². The second-order valence-electron chi connectivity index (χ2n) is 34.6. The Bertz CT molecular complexity index is 3780. The summed E-state index contributed by atoms with van der Waals surface area (Å²) >= 11 is 0. The first kappa shape index (κ1) is 113. The van der Waals surface area contributed by atoms with Gasteiger partial charge in [-0.05, 0) is 0 Å². The van der Waals surface area contributed by atoms with Gasteiger partial charge < -0.3 is 279 Å². The highest BCUT2D eigenvalue weighted by Gasteiger charge is 2.63. The Balaban J connectivity index is 1.05. The van der Waals surface area contributed by atoms with E-state index in [2.05, 4.69) is 26.6 Å². The minimum absolute atomic E-state index is 0.847. The molecule has 11 aliphatic heterocycles. The van der Waals surface area contributed by atoms with E-state index < -0.39 is 440 Å². The highest BCUT2D eigenvalue weighted by atomic mass is 16.8. The molecule has 0 aromatic heterocycles. The lowest BCUT2D eigenvalue weighted by atomic mass is 9.93. The summed E-state index contributed by atoms with van der Waals surface area (Å²) in [6.45, 7) is -8.72. The number of hydrogen-bond acceptors (Lipinski definition) is 56. The van der Waals surface area contributed by atoms with Crippen molar-refractivity contribution in [1.29, 1.82) is 0 Å². The van der Waals surface area contributed by atoms with Crippen LogP contribution in [0.1, 0.15) is 34.6 Å². The van der Waals surface area contributed by atoms with Crippen LogP contribution in [-0.2, 0) is 123 Å². The topological polar surface area (TPSA) is 946 Å². The SMILES string of the molecule is CC(=O)N[C@H]1[C@H](O[C@H]2[C@H](O)[C@@H](NC(C)=O)C(O)O[C@@H]2CO)O[C@H](CO)[C@@H](O[C@@H]2O[C@H](CO[C@H]3O[C@H](CO[C@H]4O[C@H](CO)[C@@H](O)[C@H](O[C@H]5O[C@H](CO)[C@@H](O)[C@H](O)[C@@H]5O)[C@@H]4O)[C@@H](O)[C@H](O[C@H]4O[C@H](CO)[C@@H](O)[C@H](O)[C@@H]4O)[C@@H]3O)[C@@H](O[C@@H]3O[C@H](CO)[C@@H](O)[C@H](O)[C@H]3NC(C)=O)[C@H](O[C@H]3O[C@H](CO)[C@@H](O[C@@H]4O[C@H](CO)[C@@H](O)[C@H](O)[C@H]4NC(C)=O)[C@H](O)[C@@H]3O[C@@H]3O[C@H](CO)[C@@H](O)[C@H](O)[C@H]3NC(C)=O)[C@@H]2O)[C@@H]1O. The first-order chi connectivity index (χ1) is 64.8.